The van der Waals surface area contributed by atoms with E-state index in [1.54, 1.807) is 18.2 Å². The number of aliphatic carboxylic acids is 1. The highest BCUT2D eigenvalue weighted by molar-refractivity contribution is 8.13. The molecule has 12 nitrogen and oxygen atoms in total. The van der Waals surface area contributed by atoms with Gasteiger partial charge in [-0.3, -0.25) is 23.7 Å². The molecule has 36 heavy (non-hydrogen) atoms. The van der Waals surface area contributed by atoms with Crippen molar-refractivity contribution in [3.05, 3.63) is 30.3 Å². The summed E-state index contributed by atoms with van der Waals surface area (Å²) in [6, 6.07) is 6.71. The summed E-state index contributed by atoms with van der Waals surface area (Å²) in [4.78, 5) is 46.3. The summed E-state index contributed by atoms with van der Waals surface area (Å²) in [5.74, 6) is -1.77. The molecule has 0 heterocycles. The highest BCUT2D eigenvalue weighted by atomic mass is 32.2. The molecule has 2 amide bonds. The Labute approximate surface area is 214 Å². The molecule has 202 valence electrons. The average molecular weight is 548 g/mol. The van der Waals surface area contributed by atoms with E-state index in [-0.39, 0.29) is 29.7 Å². The van der Waals surface area contributed by atoms with Crippen molar-refractivity contribution in [1.29, 1.82) is 0 Å². The first kappa shape index (κ1) is 31.6. The van der Waals surface area contributed by atoms with Gasteiger partial charge in [0, 0.05) is 37.6 Å². The van der Waals surface area contributed by atoms with Gasteiger partial charge < -0.3 is 25.4 Å². The summed E-state index contributed by atoms with van der Waals surface area (Å²) in [5.41, 5.74) is -1.26. The van der Waals surface area contributed by atoms with Crippen LogP contribution in [0.4, 0.5) is 0 Å². The van der Waals surface area contributed by atoms with E-state index in [9.17, 15) is 34.0 Å². The maximum Gasteiger partial charge on any atom is 0.459 e. The third-order valence-corrected chi connectivity index (χ3v) is 7.11. The van der Waals surface area contributed by atoms with Crippen LogP contribution < -0.4 is 20.2 Å². The third-order valence-electron chi connectivity index (χ3n) is 4.67. The zero-order chi connectivity index (χ0) is 27.4. The molecule has 14 heteroatoms. The topological polar surface area (TPSA) is 180 Å². The Morgan fingerprint density at radius 3 is 2.33 bits per heavy atom. The molecule has 0 aromatic heterocycles. The number of benzene rings is 1. The highest BCUT2D eigenvalue weighted by Gasteiger charge is 2.39. The lowest BCUT2D eigenvalue weighted by Crippen LogP contribution is -2.47. The molecule has 0 aliphatic carbocycles. The van der Waals surface area contributed by atoms with Crippen molar-refractivity contribution in [1.82, 2.24) is 15.7 Å². The van der Waals surface area contributed by atoms with Crippen molar-refractivity contribution in [2.75, 3.05) is 25.4 Å². The number of rotatable bonds is 16. The molecule has 0 aliphatic heterocycles. The van der Waals surface area contributed by atoms with Gasteiger partial charge in [-0.2, -0.15) is 5.09 Å². The monoisotopic (exact) mass is 547 g/mol. The second-order valence-electron chi connectivity index (χ2n) is 8.49. The number of carboxylic acid groups (broad SMARTS) is 1. The largest absolute Gasteiger partial charge is 0.480 e. The Morgan fingerprint density at radius 1 is 1.11 bits per heavy atom. The van der Waals surface area contributed by atoms with Gasteiger partial charge in [0.2, 0.25) is 11.8 Å². The standard InChI is InChI=1S/C22H34N3O9PS/c1-15(21(30)31)25-35(32,34-17-8-6-5-7-9-17)33-14-22(3,4)19(28)20(29)24-11-10-18(27)23-12-13-36-16(2)26/h5-9,15,19,28H,10-14H2,1-4H3,(H,23,27)(H,24,29)(H,25,32)(H,30,31). The van der Waals surface area contributed by atoms with Crippen LogP contribution >= 0.6 is 19.5 Å². The van der Waals surface area contributed by atoms with Crippen LogP contribution in [0.3, 0.4) is 0 Å². The van der Waals surface area contributed by atoms with E-state index < -0.39 is 43.8 Å². The number of thioether (sulfide) groups is 1. The van der Waals surface area contributed by atoms with Gasteiger partial charge in [0.15, 0.2) is 5.12 Å². The van der Waals surface area contributed by atoms with E-state index >= 15 is 0 Å². The lowest BCUT2D eigenvalue weighted by molar-refractivity contribution is -0.138. The highest BCUT2D eigenvalue weighted by Crippen LogP contribution is 2.46. The lowest BCUT2D eigenvalue weighted by atomic mass is 9.87. The summed E-state index contributed by atoms with van der Waals surface area (Å²) in [7, 11) is -4.22. The van der Waals surface area contributed by atoms with Gasteiger partial charge in [-0.1, -0.05) is 43.8 Å². The predicted molar refractivity (Wildman–Crippen MR) is 134 cm³/mol. The van der Waals surface area contributed by atoms with E-state index in [0.717, 1.165) is 11.8 Å². The molecule has 0 fully saturated rings. The predicted octanol–water partition coefficient (Wildman–Crippen LogP) is 1.54. The number of para-hydroxylation sites is 1. The summed E-state index contributed by atoms with van der Waals surface area (Å²) in [5, 5.41) is 27.0. The second kappa shape index (κ2) is 15.0. The van der Waals surface area contributed by atoms with Crippen LogP contribution in [0, 0.1) is 5.41 Å². The summed E-state index contributed by atoms with van der Waals surface area (Å²) >= 11 is 1.09. The first-order chi connectivity index (χ1) is 16.8. The first-order valence-electron chi connectivity index (χ1n) is 11.1. The third kappa shape index (κ3) is 12.0. The molecular weight excluding hydrogens is 513 g/mol. The molecule has 3 atom stereocenters. The quantitative estimate of drug-likeness (QED) is 0.150. The molecule has 0 bridgehead atoms. The Morgan fingerprint density at radius 2 is 1.75 bits per heavy atom. The lowest BCUT2D eigenvalue weighted by Gasteiger charge is -2.31. The number of amides is 2. The van der Waals surface area contributed by atoms with Crippen LogP contribution in [0.15, 0.2) is 30.3 Å². The summed E-state index contributed by atoms with van der Waals surface area (Å²) in [6.45, 7) is 5.52. The minimum Gasteiger partial charge on any atom is -0.480 e. The Hall–Kier alpha value is -2.44. The van der Waals surface area contributed by atoms with E-state index in [1.807, 2.05) is 0 Å². The van der Waals surface area contributed by atoms with Crippen LogP contribution in [-0.4, -0.2) is 70.7 Å². The zero-order valence-electron chi connectivity index (χ0n) is 20.7. The molecule has 5 N–H and O–H groups in total. The summed E-state index contributed by atoms with van der Waals surface area (Å²) < 4.78 is 24.1. The van der Waals surface area contributed by atoms with Crippen molar-refractivity contribution in [2.45, 2.75) is 46.3 Å². The fourth-order valence-electron chi connectivity index (χ4n) is 2.56. The zero-order valence-corrected chi connectivity index (χ0v) is 22.4. The fourth-order valence-corrected chi connectivity index (χ4v) is 4.72. The van der Waals surface area contributed by atoms with Crippen LogP contribution in [-0.2, 0) is 28.3 Å². The summed E-state index contributed by atoms with van der Waals surface area (Å²) in [6.07, 6.45) is -1.63. The molecular formula is C22H34N3O9PS. The van der Waals surface area contributed by atoms with Gasteiger partial charge in [0.25, 0.3) is 0 Å². The van der Waals surface area contributed by atoms with Gasteiger partial charge >= 0.3 is 13.7 Å². The van der Waals surface area contributed by atoms with Gasteiger partial charge in [-0.05, 0) is 19.1 Å². The van der Waals surface area contributed by atoms with Gasteiger partial charge in [0.1, 0.15) is 17.9 Å². The number of carboxylic acids is 1. The van der Waals surface area contributed by atoms with Gasteiger partial charge in [0.05, 0.1) is 6.61 Å². The van der Waals surface area contributed by atoms with Crippen LogP contribution in [0.25, 0.3) is 0 Å². The van der Waals surface area contributed by atoms with Gasteiger partial charge in [-0.15, -0.1) is 0 Å². The Balaban J connectivity index is 2.65. The van der Waals surface area contributed by atoms with Crippen LogP contribution in [0.1, 0.15) is 34.1 Å². The van der Waals surface area contributed by atoms with Gasteiger partial charge in [-0.25, -0.2) is 4.57 Å². The Bertz CT molecular complexity index is 946. The van der Waals surface area contributed by atoms with Crippen molar-refractivity contribution in [3.8, 4) is 5.75 Å². The number of aliphatic hydroxyl groups is 1. The molecule has 1 aromatic carbocycles. The Kier molecular flexibility index (Phi) is 13.1. The first-order valence-corrected chi connectivity index (χ1v) is 13.6. The fraction of sp³-hybridized carbons (Fsp3) is 0.545. The van der Waals surface area contributed by atoms with E-state index in [0.29, 0.717) is 12.3 Å². The SMILES string of the molecule is CC(=O)SCCNC(=O)CCNC(=O)C(O)C(C)(C)COP(=O)(NC(C)C(=O)O)Oc1ccccc1. The molecule has 1 aromatic rings. The molecule has 3 unspecified atom stereocenters. The molecule has 0 saturated heterocycles. The van der Waals surface area contributed by atoms with Crippen LogP contribution in [0.5, 0.6) is 5.75 Å². The number of carbonyl (C=O) groups is 4. The maximum atomic E-state index is 13.3. The van der Waals surface area contributed by atoms with E-state index in [2.05, 4.69) is 15.7 Å². The minimum absolute atomic E-state index is 0.0305. The van der Waals surface area contributed by atoms with E-state index in [1.165, 1.54) is 39.8 Å². The normalized spacial score (nSPS) is 14.7. The maximum absolute atomic E-state index is 13.3. The van der Waals surface area contributed by atoms with Crippen molar-refractivity contribution in [3.63, 3.8) is 0 Å². The number of hydrogen-bond donors (Lipinski definition) is 5. The number of carbonyl (C=O) groups excluding carboxylic acids is 3. The number of aliphatic hydroxyl groups excluding tert-OH is 1. The molecule has 0 radical (unpaired) electrons. The average Bonchev–Trinajstić information content (AvgIpc) is 2.80. The second-order valence-corrected chi connectivity index (χ2v) is 11.5. The van der Waals surface area contributed by atoms with Crippen molar-refractivity contribution < 1.29 is 43.0 Å². The minimum atomic E-state index is -4.22. The number of nitrogens with one attached hydrogen (secondary N) is 3. The molecule has 1 rings (SSSR count). The smallest absolute Gasteiger partial charge is 0.459 e. The number of hydrogen-bond acceptors (Lipinski definition) is 9. The van der Waals surface area contributed by atoms with Crippen molar-refractivity contribution in [2.24, 2.45) is 5.41 Å². The molecule has 0 aliphatic rings. The van der Waals surface area contributed by atoms with E-state index in [4.69, 9.17) is 9.05 Å². The molecule has 0 spiro atoms. The van der Waals surface area contributed by atoms with Crippen molar-refractivity contribution >= 4 is 42.4 Å². The molecule has 0 saturated carbocycles. The van der Waals surface area contributed by atoms with Crippen LogP contribution in [0.2, 0.25) is 0 Å².